The van der Waals surface area contributed by atoms with Gasteiger partial charge in [0.25, 0.3) is 0 Å². The van der Waals surface area contributed by atoms with Gasteiger partial charge in [-0.1, -0.05) is 0 Å². The van der Waals surface area contributed by atoms with Gasteiger partial charge in [-0.25, -0.2) is 4.79 Å². The highest BCUT2D eigenvalue weighted by atomic mass is 16.5. The standard InChI is InChI=1S/C22H21N3O3/c1-27-14-2-3-17-15(10-14)18-16-11-22(16)6-9-25(22)20(19(18)24-17)21(26)28-12-13-4-7-23-8-5-13/h2-5,7-8,10,16,20,24H,6,9,11-12H2,1H3. The molecule has 2 aliphatic heterocycles. The van der Waals surface area contributed by atoms with E-state index in [2.05, 4.69) is 20.9 Å². The van der Waals surface area contributed by atoms with Crippen LogP contribution in [0.15, 0.2) is 42.7 Å². The molecule has 1 aromatic carbocycles. The summed E-state index contributed by atoms with van der Waals surface area (Å²) in [6, 6.07) is 9.47. The van der Waals surface area contributed by atoms with E-state index in [1.165, 1.54) is 10.9 Å². The molecule has 4 heterocycles. The predicted molar refractivity (Wildman–Crippen MR) is 103 cm³/mol. The summed E-state index contributed by atoms with van der Waals surface area (Å²) in [6.07, 6.45) is 5.71. The van der Waals surface area contributed by atoms with Gasteiger partial charge in [0.1, 0.15) is 18.4 Å². The van der Waals surface area contributed by atoms with Crippen molar-refractivity contribution in [3.8, 4) is 5.75 Å². The van der Waals surface area contributed by atoms with E-state index in [4.69, 9.17) is 9.47 Å². The van der Waals surface area contributed by atoms with E-state index in [0.717, 1.165) is 41.9 Å². The molecule has 1 aliphatic carbocycles. The number of nitrogens with one attached hydrogen (secondary N) is 1. The lowest BCUT2D eigenvalue weighted by atomic mass is 9.84. The lowest BCUT2D eigenvalue weighted by Crippen LogP contribution is -2.57. The van der Waals surface area contributed by atoms with Crippen molar-refractivity contribution in [1.82, 2.24) is 14.9 Å². The van der Waals surface area contributed by atoms with Crippen molar-refractivity contribution in [2.45, 2.75) is 36.9 Å². The molecule has 3 unspecified atom stereocenters. The molecule has 1 saturated carbocycles. The topological polar surface area (TPSA) is 67.5 Å². The lowest BCUT2D eigenvalue weighted by Gasteiger charge is -2.49. The normalized spacial score (nSPS) is 27.3. The number of nitrogens with zero attached hydrogens (tertiary/aromatic N) is 2. The fourth-order valence-electron chi connectivity index (χ4n) is 5.22. The van der Waals surface area contributed by atoms with Crippen LogP contribution in [0.5, 0.6) is 5.75 Å². The van der Waals surface area contributed by atoms with E-state index < -0.39 is 0 Å². The van der Waals surface area contributed by atoms with Gasteiger partial charge >= 0.3 is 5.97 Å². The number of esters is 1. The number of ether oxygens (including phenoxy) is 2. The molecule has 3 aliphatic rings. The molecule has 3 aromatic rings. The van der Waals surface area contributed by atoms with Gasteiger partial charge in [0, 0.05) is 47.0 Å². The van der Waals surface area contributed by atoms with Gasteiger partial charge in [-0.2, -0.15) is 0 Å². The smallest absolute Gasteiger partial charge is 0.329 e. The Hall–Kier alpha value is -2.86. The van der Waals surface area contributed by atoms with Crippen molar-refractivity contribution in [1.29, 1.82) is 0 Å². The van der Waals surface area contributed by atoms with E-state index in [9.17, 15) is 4.79 Å². The maximum Gasteiger partial charge on any atom is 0.329 e. The molecule has 3 atom stereocenters. The van der Waals surface area contributed by atoms with Crippen LogP contribution in [0, 0.1) is 0 Å². The highest BCUT2D eigenvalue weighted by Crippen LogP contribution is 2.69. The highest BCUT2D eigenvalue weighted by molar-refractivity contribution is 5.91. The van der Waals surface area contributed by atoms with E-state index in [1.54, 1.807) is 19.5 Å². The second-order valence-corrected chi connectivity index (χ2v) is 8.03. The van der Waals surface area contributed by atoms with Crippen LogP contribution < -0.4 is 4.74 Å². The Morgan fingerprint density at radius 1 is 1.32 bits per heavy atom. The van der Waals surface area contributed by atoms with Crippen LogP contribution in [0.1, 0.15) is 41.6 Å². The first kappa shape index (κ1) is 16.1. The van der Waals surface area contributed by atoms with Crippen LogP contribution in [-0.4, -0.2) is 40.0 Å². The number of fused-ring (bicyclic) bond motifs is 4. The number of hydrogen-bond donors (Lipinski definition) is 1. The van der Waals surface area contributed by atoms with Gasteiger partial charge in [-0.15, -0.1) is 0 Å². The molecule has 1 N–H and O–H groups in total. The number of pyridine rings is 1. The van der Waals surface area contributed by atoms with E-state index >= 15 is 0 Å². The third-order valence-electron chi connectivity index (χ3n) is 6.77. The average molecular weight is 375 g/mol. The molecule has 6 nitrogen and oxygen atoms in total. The van der Waals surface area contributed by atoms with Gasteiger partial charge in [0.2, 0.25) is 0 Å². The summed E-state index contributed by atoms with van der Waals surface area (Å²) in [7, 11) is 1.69. The molecular weight excluding hydrogens is 354 g/mol. The highest BCUT2D eigenvalue weighted by Gasteiger charge is 2.70. The first-order valence-corrected chi connectivity index (χ1v) is 9.73. The minimum Gasteiger partial charge on any atom is -0.497 e. The minimum atomic E-state index is -0.359. The molecule has 2 fully saturated rings. The molecule has 28 heavy (non-hydrogen) atoms. The van der Waals surface area contributed by atoms with Crippen LogP contribution in [0.25, 0.3) is 10.9 Å². The molecule has 6 heteroatoms. The number of carbonyl (C=O) groups excluding carboxylic acids is 1. The second-order valence-electron chi connectivity index (χ2n) is 8.03. The van der Waals surface area contributed by atoms with Crippen molar-refractivity contribution in [3.05, 3.63) is 59.5 Å². The zero-order valence-corrected chi connectivity index (χ0v) is 15.6. The second kappa shape index (κ2) is 5.58. The summed E-state index contributed by atoms with van der Waals surface area (Å²) in [5.74, 6) is 1.17. The van der Waals surface area contributed by atoms with Gasteiger partial charge in [0.15, 0.2) is 0 Å². The zero-order chi connectivity index (χ0) is 18.9. The third kappa shape index (κ3) is 2.06. The largest absolute Gasteiger partial charge is 0.497 e. The Morgan fingerprint density at radius 2 is 2.18 bits per heavy atom. The quantitative estimate of drug-likeness (QED) is 0.709. The molecule has 0 radical (unpaired) electrons. The van der Waals surface area contributed by atoms with Crippen LogP contribution in [0.4, 0.5) is 0 Å². The summed E-state index contributed by atoms with van der Waals surface area (Å²) >= 11 is 0. The van der Waals surface area contributed by atoms with E-state index in [0.29, 0.717) is 5.92 Å². The summed E-state index contributed by atoms with van der Waals surface area (Å²) in [6.45, 7) is 1.22. The Morgan fingerprint density at radius 3 is 2.93 bits per heavy atom. The van der Waals surface area contributed by atoms with Crippen molar-refractivity contribution in [2.75, 3.05) is 13.7 Å². The number of aromatic nitrogens is 2. The first-order chi connectivity index (χ1) is 13.7. The monoisotopic (exact) mass is 375 g/mol. The molecule has 142 valence electrons. The Labute approximate surface area is 162 Å². The van der Waals surface area contributed by atoms with Gasteiger partial charge < -0.3 is 14.5 Å². The van der Waals surface area contributed by atoms with E-state index in [1.807, 2.05) is 24.3 Å². The number of hydrogen-bond acceptors (Lipinski definition) is 5. The number of methoxy groups -OCH3 is 1. The van der Waals surface area contributed by atoms with Crippen molar-refractivity contribution >= 4 is 16.9 Å². The summed E-state index contributed by atoms with van der Waals surface area (Å²) < 4.78 is 11.2. The average Bonchev–Trinajstić information content (AvgIpc) is 3.39. The molecule has 0 bridgehead atoms. The number of aromatic amines is 1. The number of rotatable bonds is 4. The summed E-state index contributed by atoms with van der Waals surface area (Å²) in [5, 5.41) is 1.18. The van der Waals surface area contributed by atoms with Crippen molar-refractivity contribution in [2.24, 2.45) is 0 Å². The van der Waals surface area contributed by atoms with Gasteiger partial charge in [0.05, 0.1) is 7.11 Å². The van der Waals surface area contributed by atoms with Crippen LogP contribution in [-0.2, 0) is 16.1 Å². The van der Waals surface area contributed by atoms with Crippen LogP contribution in [0.3, 0.4) is 0 Å². The minimum absolute atomic E-state index is 0.158. The Kier molecular flexibility index (Phi) is 3.21. The third-order valence-corrected chi connectivity index (χ3v) is 6.77. The molecule has 2 aromatic heterocycles. The fraction of sp³-hybridized carbons (Fsp3) is 0.364. The predicted octanol–water partition coefficient (Wildman–Crippen LogP) is 3.30. The maximum absolute atomic E-state index is 13.2. The van der Waals surface area contributed by atoms with Crippen molar-refractivity contribution in [3.63, 3.8) is 0 Å². The number of carbonyl (C=O) groups is 1. The van der Waals surface area contributed by atoms with Gasteiger partial charge in [-0.05, 0) is 54.3 Å². The molecule has 6 rings (SSSR count). The van der Waals surface area contributed by atoms with Gasteiger partial charge in [-0.3, -0.25) is 9.88 Å². The first-order valence-electron chi connectivity index (χ1n) is 9.73. The number of H-pyrrole nitrogens is 1. The Balaban J connectivity index is 1.39. The summed E-state index contributed by atoms with van der Waals surface area (Å²) in [5.41, 5.74) is 4.45. The fourth-order valence-corrected chi connectivity index (χ4v) is 5.22. The molecule has 0 amide bonds. The number of benzene rings is 1. The SMILES string of the molecule is COc1ccc2[nH]c3c(c2c1)C1CC12CCN2C3C(=O)OCc1ccncc1. The zero-order valence-electron chi connectivity index (χ0n) is 15.6. The summed E-state index contributed by atoms with van der Waals surface area (Å²) in [4.78, 5) is 23.0. The van der Waals surface area contributed by atoms with Crippen molar-refractivity contribution < 1.29 is 14.3 Å². The molecule has 1 spiro atoms. The lowest BCUT2D eigenvalue weighted by molar-refractivity contribution is -0.158. The molecular formula is C22H21N3O3. The van der Waals surface area contributed by atoms with Crippen LogP contribution in [0.2, 0.25) is 0 Å². The molecule has 1 saturated heterocycles. The van der Waals surface area contributed by atoms with Crippen LogP contribution >= 0.6 is 0 Å². The van der Waals surface area contributed by atoms with E-state index in [-0.39, 0.29) is 24.2 Å². The Bertz CT molecular complexity index is 1090. The maximum atomic E-state index is 13.2.